The van der Waals surface area contributed by atoms with Gasteiger partial charge in [0, 0.05) is 18.8 Å². The molecular weight excluding hydrogens is 208 g/mol. The van der Waals surface area contributed by atoms with Crippen LogP contribution in [0.15, 0.2) is 0 Å². The summed E-state index contributed by atoms with van der Waals surface area (Å²) in [6.45, 7) is 5.32. The molecule has 2 amide bonds. The van der Waals surface area contributed by atoms with E-state index in [1.807, 2.05) is 13.8 Å². The van der Waals surface area contributed by atoms with Gasteiger partial charge in [0.25, 0.3) is 0 Å². The Morgan fingerprint density at radius 1 is 1.62 bits per heavy atom. The molecule has 0 bridgehead atoms. The molecular formula is C11H22N2O3. The van der Waals surface area contributed by atoms with Crippen LogP contribution >= 0.6 is 0 Å². The maximum atomic E-state index is 11.7. The Hall–Kier alpha value is -0.810. The molecule has 0 aromatic rings. The van der Waals surface area contributed by atoms with Crippen molar-refractivity contribution >= 4 is 6.03 Å². The lowest BCUT2D eigenvalue weighted by Crippen LogP contribution is -2.52. The molecule has 0 aliphatic carbocycles. The lowest BCUT2D eigenvalue weighted by atomic mass is 9.95. The average Bonchev–Trinajstić information content (AvgIpc) is 2.70. The fourth-order valence-corrected chi connectivity index (χ4v) is 1.72. The fourth-order valence-electron chi connectivity index (χ4n) is 1.72. The van der Waals surface area contributed by atoms with E-state index in [-0.39, 0.29) is 24.2 Å². The zero-order chi connectivity index (χ0) is 12.0. The van der Waals surface area contributed by atoms with E-state index in [1.54, 1.807) is 0 Å². The molecule has 0 aromatic heterocycles. The molecule has 16 heavy (non-hydrogen) atoms. The molecule has 1 rings (SSSR count). The van der Waals surface area contributed by atoms with Crippen molar-refractivity contribution in [2.75, 3.05) is 19.8 Å². The summed E-state index contributed by atoms with van der Waals surface area (Å²) in [5.41, 5.74) is -0.335. The Balaban J connectivity index is 2.35. The van der Waals surface area contributed by atoms with E-state index in [2.05, 4.69) is 10.6 Å². The van der Waals surface area contributed by atoms with Gasteiger partial charge in [-0.3, -0.25) is 0 Å². The van der Waals surface area contributed by atoms with Gasteiger partial charge >= 0.3 is 6.03 Å². The van der Waals surface area contributed by atoms with Crippen LogP contribution in [0.1, 0.15) is 33.1 Å². The third-order valence-corrected chi connectivity index (χ3v) is 3.12. The fraction of sp³-hybridized carbons (Fsp3) is 0.909. The number of carbonyl (C=O) groups is 1. The molecule has 1 aliphatic heterocycles. The Labute approximate surface area is 96.6 Å². The van der Waals surface area contributed by atoms with Crippen molar-refractivity contribution in [3.8, 4) is 0 Å². The lowest BCUT2D eigenvalue weighted by Gasteiger charge is -2.29. The molecule has 94 valence electrons. The second-order valence-corrected chi connectivity index (χ2v) is 4.55. The Morgan fingerprint density at radius 2 is 2.38 bits per heavy atom. The number of carbonyl (C=O) groups excluding carboxylic acids is 1. The first kappa shape index (κ1) is 13.3. The Kier molecular flexibility index (Phi) is 5.02. The van der Waals surface area contributed by atoms with Gasteiger partial charge in [0.2, 0.25) is 0 Å². The number of urea groups is 1. The van der Waals surface area contributed by atoms with Gasteiger partial charge < -0.3 is 20.5 Å². The highest BCUT2D eigenvalue weighted by Crippen LogP contribution is 2.13. The predicted octanol–water partition coefficient (Wildman–Crippen LogP) is 0.626. The summed E-state index contributed by atoms with van der Waals surface area (Å²) < 4.78 is 5.18. The second kappa shape index (κ2) is 6.06. The average molecular weight is 230 g/mol. The van der Waals surface area contributed by atoms with Crippen molar-refractivity contribution in [2.24, 2.45) is 0 Å². The van der Waals surface area contributed by atoms with Gasteiger partial charge in [0.1, 0.15) is 0 Å². The van der Waals surface area contributed by atoms with E-state index in [9.17, 15) is 4.79 Å². The molecule has 0 aromatic carbocycles. The van der Waals surface area contributed by atoms with Gasteiger partial charge in [-0.15, -0.1) is 0 Å². The molecule has 0 radical (unpaired) electrons. The molecule has 1 aliphatic rings. The van der Waals surface area contributed by atoms with Crippen molar-refractivity contribution in [3.63, 3.8) is 0 Å². The maximum absolute atomic E-state index is 11.7. The third kappa shape index (κ3) is 3.98. The molecule has 3 N–H and O–H groups in total. The van der Waals surface area contributed by atoms with Crippen LogP contribution in [0.3, 0.4) is 0 Å². The zero-order valence-electron chi connectivity index (χ0n) is 10.1. The first-order valence-corrected chi connectivity index (χ1v) is 5.87. The predicted molar refractivity (Wildman–Crippen MR) is 61.3 cm³/mol. The van der Waals surface area contributed by atoms with Gasteiger partial charge in [0.15, 0.2) is 0 Å². The van der Waals surface area contributed by atoms with Crippen LogP contribution in [0, 0.1) is 0 Å². The normalized spacial score (nSPS) is 23.8. The standard InChI is InChI=1S/C11H22N2O3/c1-3-11(2,5-6-14)13-10(15)12-9-4-7-16-8-9/h9,14H,3-8H2,1-2H3,(H2,12,13,15). The highest BCUT2D eigenvalue weighted by molar-refractivity contribution is 5.75. The molecule has 1 saturated heterocycles. The van der Waals surface area contributed by atoms with E-state index in [1.165, 1.54) is 0 Å². The van der Waals surface area contributed by atoms with Crippen molar-refractivity contribution in [2.45, 2.75) is 44.7 Å². The number of nitrogens with one attached hydrogen (secondary N) is 2. The summed E-state index contributed by atoms with van der Waals surface area (Å²) >= 11 is 0. The van der Waals surface area contributed by atoms with Crippen molar-refractivity contribution in [1.29, 1.82) is 0 Å². The zero-order valence-corrected chi connectivity index (χ0v) is 10.1. The third-order valence-electron chi connectivity index (χ3n) is 3.12. The number of aliphatic hydroxyl groups excluding tert-OH is 1. The van der Waals surface area contributed by atoms with Gasteiger partial charge in [-0.2, -0.15) is 0 Å². The van der Waals surface area contributed by atoms with E-state index >= 15 is 0 Å². The largest absolute Gasteiger partial charge is 0.396 e. The number of aliphatic hydroxyl groups is 1. The minimum atomic E-state index is -0.335. The SMILES string of the molecule is CCC(C)(CCO)NC(=O)NC1CCOC1. The summed E-state index contributed by atoms with van der Waals surface area (Å²) in [6, 6.07) is -0.0523. The maximum Gasteiger partial charge on any atom is 0.315 e. The van der Waals surface area contributed by atoms with Crippen LogP contribution < -0.4 is 10.6 Å². The number of amides is 2. The van der Waals surface area contributed by atoms with Crippen molar-refractivity contribution < 1.29 is 14.6 Å². The monoisotopic (exact) mass is 230 g/mol. The highest BCUT2D eigenvalue weighted by atomic mass is 16.5. The van der Waals surface area contributed by atoms with Crippen molar-refractivity contribution in [3.05, 3.63) is 0 Å². The second-order valence-electron chi connectivity index (χ2n) is 4.55. The lowest BCUT2D eigenvalue weighted by molar-refractivity contribution is 0.183. The van der Waals surface area contributed by atoms with E-state index in [0.29, 0.717) is 19.6 Å². The van der Waals surface area contributed by atoms with Gasteiger partial charge in [-0.25, -0.2) is 4.79 Å². The van der Waals surface area contributed by atoms with Crippen LogP contribution in [0.25, 0.3) is 0 Å². The van der Waals surface area contributed by atoms with Gasteiger partial charge in [-0.1, -0.05) is 6.92 Å². The Bertz CT molecular complexity index is 229. The summed E-state index contributed by atoms with van der Waals surface area (Å²) in [5.74, 6) is 0. The molecule has 1 heterocycles. The first-order valence-electron chi connectivity index (χ1n) is 5.87. The van der Waals surface area contributed by atoms with E-state index < -0.39 is 0 Å². The van der Waals surface area contributed by atoms with Crippen LogP contribution in [-0.4, -0.2) is 42.5 Å². The number of hydrogen-bond acceptors (Lipinski definition) is 3. The smallest absolute Gasteiger partial charge is 0.315 e. The van der Waals surface area contributed by atoms with Crippen LogP contribution in [0.2, 0.25) is 0 Å². The quantitative estimate of drug-likeness (QED) is 0.648. The molecule has 5 heteroatoms. The molecule has 2 atom stereocenters. The Morgan fingerprint density at radius 3 is 2.88 bits per heavy atom. The summed E-state index contributed by atoms with van der Waals surface area (Å²) in [4.78, 5) is 11.7. The summed E-state index contributed by atoms with van der Waals surface area (Å²) in [5, 5.41) is 14.7. The minimum Gasteiger partial charge on any atom is -0.396 e. The van der Waals surface area contributed by atoms with Gasteiger partial charge in [-0.05, 0) is 26.2 Å². The summed E-state index contributed by atoms with van der Waals surface area (Å²) in [7, 11) is 0. The van der Waals surface area contributed by atoms with E-state index in [0.717, 1.165) is 12.8 Å². The molecule has 1 fully saturated rings. The van der Waals surface area contributed by atoms with Crippen LogP contribution in [0.5, 0.6) is 0 Å². The number of rotatable bonds is 5. The molecule has 2 unspecified atom stereocenters. The van der Waals surface area contributed by atoms with Crippen LogP contribution in [0.4, 0.5) is 4.79 Å². The number of hydrogen-bond donors (Lipinski definition) is 3. The van der Waals surface area contributed by atoms with Gasteiger partial charge in [0.05, 0.1) is 12.6 Å². The van der Waals surface area contributed by atoms with Crippen molar-refractivity contribution in [1.82, 2.24) is 10.6 Å². The minimum absolute atomic E-state index is 0.0805. The molecule has 0 saturated carbocycles. The highest BCUT2D eigenvalue weighted by Gasteiger charge is 2.25. The number of ether oxygens (including phenoxy) is 1. The topological polar surface area (TPSA) is 70.6 Å². The van der Waals surface area contributed by atoms with E-state index in [4.69, 9.17) is 9.84 Å². The first-order chi connectivity index (χ1) is 7.59. The molecule has 5 nitrogen and oxygen atoms in total. The summed E-state index contributed by atoms with van der Waals surface area (Å²) in [6.07, 6.45) is 2.23. The van der Waals surface area contributed by atoms with Crippen LogP contribution in [-0.2, 0) is 4.74 Å². The molecule has 0 spiro atoms.